The molecule has 84 valence electrons. The molecule has 0 aromatic rings. The largest absolute Gasteiger partial charge is 0.299 e. The molecule has 1 atom stereocenters. The van der Waals surface area contributed by atoms with Crippen molar-refractivity contribution in [3.8, 4) is 6.07 Å². The number of hydrogen-bond donors (Lipinski definition) is 0. The summed E-state index contributed by atoms with van der Waals surface area (Å²) >= 11 is 0. The van der Waals surface area contributed by atoms with E-state index in [1.165, 1.54) is 38.6 Å². The van der Waals surface area contributed by atoms with E-state index in [9.17, 15) is 5.26 Å². The van der Waals surface area contributed by atoms with Crippen LogP contribution < -0.4 is 0 Å². The molecular formula is C13H22N2. The second-order valence-electron chi connectivity index (χ2n) is 5.41. The second-order valence-corrected chi connectivity index (χ2v) is 5.41. The molecule has 1 unspecified atom stereocenters. The molecular weight excluding hydrogens is 184 g/mol. The number of piperidine rings is 1. The zero-order valence-corrected chi connectivity index (χ0v) is 9.84. The van der Waals surface area contributed by atoms with Crippen molar-refractivity contribution < 1.29 is 0 Å². The molecule has 1 aliphatic carbocycles. The van der Waals surface area contributed by atoms with E-state index in [1.807, 2.05) is 0 Å². The topological polar surface area (TPSA) is 27.0 Å². The summed E-state index contributed by atoms with van der Waals surface area (Å²) in [5.74, 6) is 0. The third-order valence-corrected chi connectivity index (χ3v) is 4.24. The summed E-state index contributed by atoms with van der Waals surface area (Å²) in [6.45, 7) is 4.56. The highest BCUT2D eigenvalue weighted by atomic mass is 15.2. The molecule has 2 rings (SSSR count). The third kappa shape index (κ3) is 2.34. The summed E-state index contributed by atoms with van der Waals surface area (Å²) in [5, 5.41) is 9.36. The lowest BCUT2D eigenvalue weighted by Crippen LogP contribution is -2.43. The molecule has 0 amide bonds. The molecule has 2 fully saturated rings. The standard InChI is InChI=1S/C13H22N2/c1-12-6-2-5-9-15(12)11-13(10-14)7-3-4-8-13/h12H,2-9,11H2,1H3. The van der Waals surface area contributed by atoms with Crippen molar-refractivity contribution in [2.45, 2.75) is 57.9 Å². The van der Waals surface area contributed by atoms with Crippen molar-refractivity contribution in [2.24, 2.45) is 5.41 Å². The monoisotopic (exact) mass is 206 g/mol. The molecule has 2 aliphatic rings. The van der Waals surface area contributed by atoms with E-state index in [1.54, 1.807) is 0 Å². The van der Waals surface area contributed by atoms with Gasteiger partial charge in [0.1, 0.15) is 0 Å². The van der Waals surface area contributed by atoms with Gasteiger partial charge < -0.3 is 0 Å². The molecule has 0 radical (unpaired) electrons. The summed E-state index contributed by atoms with van der Waals surface area (Å²) in [4.78, 5) is 2.55. The fourth-order valence-electron chi connectivity index (χ4n) is 3.14. The van der Waals surface area contributed by atoms with Gasteiger partial charge in [-0.2, -0.15) is 5.26 Å². The van der Waals surface area contributed by atoms with Crippen LogP contribution in [0.2, 0.25) is 0 Å². The molecule has 0 aromatic heterocycles. The van der Waals surface area contributed by atoms with Gasteiger partial charge in [-0.1, -0.05) is 19.3 Å². The second kappa shape index (κ2) is 4.53. The number of hydrogen-bond acceptors (Lipinski definition) is 2. The summed E-state index contributed by atoms with van der Waals surface area (Å²) in [6, 6.07) is 3.30. The minimum absolute atomic E-state index is 0.00556. The van der Waals surface area contributed by atoms with Crippen LogP contribution in [0, 0.1) is 16.7 Å². The van der Waals surface area contributed by atoms with Crippen LogP contribution in [-0.4, -0.2) is 24.0 Å². The van der Waals surface area contributed by atoms with E-state index in [-0.39, 0.29) is 5.41 Å². The van der Waals surface area contributed by atoms with E-state index in [0.717, 1.165) is 19.4 Å². The van der Waals surface area contributed by atoms with Crippen molar-refractivity contribution in [3.63, 3.8) is 0 Å². The van der Waals surface area contributed by atoms with Crippen LogP contribution in [0.3, 0.4) is 0 Å². The molecule has 1 saturated heterocycles. The Balaban J connectivity index is 1.97. The van der Waals surface area contributed by atoms with Gasteiger partial charge in [0.25, 0.3) is 0 Å². The van der Waals surface area contributed by atoms with E-state index in [4.69, 9.17) is 0 Å². The van der Waals surface area contributed by atoms with Gasteiger partial charge in [-0.25, -0.2) is 0 Å². The minimum Gasteiger partial charge on any atom is -0.299 e. The first-order chi connectivity index (χ1) is 7.26. The lowest BCUT2D eigenvalue weighted by molar-refractivity contribution is 0.115. The maximum Gasteiger partial charge on any atom is 0.0703 e. The maximum atomic E-state index is 9.36. The Morgan fingerprint density at radius 1 is 1.27 bits per heavy atom. The van der Waals surface area contributed by atoms with Gasteiger partial charge in [0.2, 0.25) is 0 Å². The molecule has 1 saturated carbocycles. The highest BCUT2D eigenvalue weighted by molar-refractivity contribution is 5.04. The highest BCUT2D eigenvalue weighted by Crippen LogP contribution is 2.39. The smallest absolute Gasteiger partial charge is 0.0703 e. The van der Waals surface area contributed by atoms with Crippen molar-refractivity contribution in [3.05, 3.63) is 0 Å². The van der Waals surface area contributed by atoms with Gasteiger partial charge >= 0.3 is 0 Å². The highest BCUT2D eigenvalue weighted by Gasteiger charge is 2.37. The van der Waals surface area contributed by atoms with Crippen LogP contribution in [0.5, 0.6) is 0 Å². The van der Waals surface area contributed by atoms with Gasteiger partial charge in [-0.3, -0.25) is 4.90 Å². The number of rotatable bonds is 2. The Labute approximate surface area is 93.3 Å². The van der Waals surface area contributed by atoms with Gasteiger partial charge in [0.05, 0.1) is 11.5 Å². The lowest BCUT2D eigenvalue weighted by atomic mass is 9.86. The Hall–Kier alpha value is -0.550. The molecule has 0 N–H and O–H groups in total. The van der Waals surface area contributed by atoms with Crippen LogP contribution in [0.1, 0.15) is 51.9 Å². The predicted octanol–water partition coefficient (Wildman–Crippen LogP) is 2.94. The molecule has 0 aromatic carbocycles. The first-order valence-corrected chi connectivity index (χ1v) is 6.41. The quantitative estimate of drug-likeness (QED) is 0.694. The van der Waals surface area contributed by atoms with Gasteiger partial charge in [0, 0.05) is 12.6 Å². The number of nitriles is 1. The van der Waals surface area contributed by atoms with E-state index in [2.05, 4.69) is 17.9 Å². The van der Waals surface area contributed by atoms with Crippen molar-refractivity contribution in [1.82, 2.24) is 4.90 Å². The van der Waals surface area contributed by atoms with Crippen LogP contribution in [0.15, 0.2) is 0 Å². The predicted molar refractivity (Wildman–Crippen MR) is 61.4 cm³/mol. The van der Waals surface area contributed by atoms with E-state index >= 15 is 0 Å². The molecule has 15 heavy (non-hydrogen) atoms. The minimum atomic E-state index is 0.00556. The maximum absolute atomic E-state index is 9.36. The Morgan fingerprint density at radius 3 is 2.60 bits per heavy atom. The third-order valence-electron chi connectivity index (χ3n) is 4.24. The van der Waals surface area contributed by atoms with Crippen molar-refractivity contribution in [2.75, 3.05) is 13.1 Å². The van der Waals surface area contributed by atoms with Gasteiger partial charge in [-0.05, 0) is 39.2 Å². The molecule has 1 heterocycles. The lowest BCUT2D eigenvalue weighted by Gasteiger charge is -2.37. The zero-order valence-electron chi connectivity index (χ0n) is 9.84. The molecule has 0 bridgehead atoms. The molecule has 2 heteroatoms. The SMILES string of the molecule is CC1CCCCN1CC1(C#N)CCCC1. The fourth-order valence-corrected chi connectivity index (χ4v) is 3.14. The first kappa shape index (κ1) is 11.0. The van der Waals surface area contributed by atoms with Crippen LogP contribution in [-0.2, 0) is 0 Å². The zero-order chi connectivity index (χ0) is 10.7. The Bertz CT molecular complexity index is 248. The molecule has 2 nitrogen and oxygen atoms in total. The van der Waals surface area contributed by atoms with Crippen molar-refractivity contribution >= 4 is 0 Å². The Kier molecular flexibility index (Phi) is 3.31. The average molecular weight is 206 g/mol. The van der Waals surface area contributed by atoms with Crippen molar-refractivity contribution in [1.29, 1.82) is 5.26 Å². The first-order valence-electron chi connectivity index (χ1n) is 6.41. The van der Waals surface area contributed by atoms with Crippen LogP contribution >= 0.6 is 0 Å². The van der Waals surface area contributed by atoms with Crippen LogP contribution in [0.4, 0.5) is 0 Å². The summed E-state index contributed by atoms with van der Waals surface area (Å²) in [7, 11) is 0. The normalized spacial score (nSPS) is 31.3. The summed E-state index contributed by atoms with van der Waals surface area (Å²) < 4.78 is 0. The van der Waals surface area contributed by atoms with Crippen LogP contribution in [0.25, 0.3) is 0 Å². The fraction of sp³-hybridized carbons (Fsp3) is 0.923. The number of likely N-dealkylation sites (tertiary alicyclic amines) is 1. The van der Waals surface area contributed by atoms with Gasteiger partial charge in [-0.15, -0.1) is 0 Å². The summed E-state index contributed by atoms with van der Waals surface area (Å²) in [5.41, 5.74) is 0.00556. The van der Waals surface area contributed by atoms with E-state index in [0.29, 0.717) is 6.04 Å². The average Bonchev–Trinajstić information content (AvgIpc) is 2.71. The number of nitrogens with zero attached hydrogens (tertiary/aromatic N) is 2. The molecule has 0 spiro atoms. The van der Waals surface area contributed by atoms with E-state index < -0.39 is 0 Å². The molecule has 1 aliphatic heterocycles. The Morgan fingerprint density at radius 2 is 2.00 bits per heavy atom. The van der Waals surface area contributed by atoms with Gasteiger partial charge in [0.15, 0.2) is 0 Å². The summed E-state index contributed by atoms with van der Waals surface area (Å²) in [6.07, 6.45) is 8.80.